The Hall–Kier alpha value is -1.92. The van der Waals surface area contributed by atoms with Gasteiger partial charge in [-0.1, -0.05) is 17.7 Å². The predicted molar refractivity (Wildman–Crippen MR) is 73.2 cm³/mol. The Kier molecular flexibility index (Phi) is 4.13. The van der Waals surface area contributed by atoms with Gasteiger partial charge in [0, 0.05) is 22.2 Å². The van der Waals surface area contributed by atoms with Crippen molar-refractivity contribution in [2.75, 3.05) is 0 Å². The summed E-state index contributed by atoms with van der Waals surface area (Å²) in [7, 11) is 0. The van der Waals surface area contributed by atoms with Crippen molar-refractivity contribution in [2.24, 2.45) is 4.99 Å². The minimum atomic E-state index is -0.745. The fourth-order valence-electron chi connectivity index (χ4n) is 1.47. The lowest BCUT2D eigenvalue weighted by molar-refractivity contribution is -0.398. The van der Waals surface area contributed by atoms with Gasteiger partial charge in [0.05, 0.1) is 11.5 Å². The van der Waals surface area contributed by atoms with Crippen molar-refractivity contribution in [1.29, 1.82) is 0 Å². The highest BCUT2D eigenvalue weighted by molar-refractivity contribution is 7.09. The number of halogens is 1. The van der Waals surface area contributed by atoms with Crippen LogP contribution in [-0.2, 0) is 6.54 Å². The second kappa shape index (κ2) is 5.81. The molecule has 2 rings (SSSR count). The molecule has 0 saturated heterocycles. The standard InChI is InChI=1S/C12H9ClN2O3S/c13-9-4-8(12(16)11(5-9)15(17)18)6-14-7-10-2-1-3-19-10/h1-6,16H,7H2/p-1. The minimum absolute atomic E-state index is 0.121. The van der Waals surface area contributed by atoms with E-state index in [-0.39, 0.29) is 10.6 Å². The van der Waals surface area contributed by atoms with Gasteiger partial charge < -0.3 is 5.11 Å². The normalized spacial score (nSPS) is 11.0. The molecule has 1 aromatic heterocycles. The molecule has 0 radical (unpaired) electrons. The Morgan fingerprint density at radius 3 is 2.89 bits per heavy atom. The number of hydrogen-bond acceptors (Lipinski definition) is 5. The van der Waals surface area contributed by atoms with Crippen molar-refractivity contribution in [3.05, 3.63) is 55.2 Å². The Balaban J connectivity index is 2.24. The quantitative estimate of drug-likeness (QED) is 0.494. The van der Waals surface area contributed by atoms with Gasteiger partial charge >= 0.3 is 0 Å². The van der Waals surface area contributed by atoms with Crippen LogP contribution in [0.25, 0.3) is 0 Å². The molecule has 0 amide bonds. The molecule has 0 aliphatic heterocycles. The molecule has 1 aromatic carbocycles. The summed E-state index contributed by atoms with van der Waals surface area (Å²) in [6, 6.07) is 6.23. The molecule has 0 bridgehead atoms. The number of thiophene rings is 1. The fourth-order valence-corrected chi connectivity index (χ4v) is 2.33. The average molecular weight is 296 g/mol. The second-order valence-corrected chi connectivity index (χ2v) is 5.12. The van der Waals surface area contributed by atoms with E-state index in [1.807, 2.05) is 17.5 Å². The van der Waals surface area contributed by atoms with Gasteiger partial charge in [-0.15, -0.1) is 11.3 Å². The smallest absolute Gasteiger partial charge is 0.263 e. The van der Waals surface area contributed by atoms with E-state index >= 15 is 0 Å². The molecule has 19 heavy (non-hydrogen) atoms. The van der Waals surface area contributed by atoms with E-state index in [0.29, 0.717) is 6.54 Å². The van der Waals surface area contributed by atoms with Crippen molar-refractivity contribution in [2.45, 2.75) is 6.54 Å². The van der Waals surface area contributed by atoms with E-state index in [1.165, 1.54) is 12.3 Å². The highest BCUT2D eigenvalue weighted by Crippen LogP contribution is 2.30. The summed E-state index contributed by atoms with van der Waals surface area (Å²) in [6.45, 7) is 0.428. The largest absolute Gasteiger partial charge is 0.867 e. The van der Waals surface area contributed by atoms with Crippen LogP contribution in [0.15, 0.2) is 34.6 Å². The lowest BCUT2D eigenvalue weighted by Crippen LogP contribution is -2.02. The van der Waals surface area contributed by atoms with E-state index in [1.54, 1.807) is 11.3 Å². The van der Waals surface area contributed by atoms with Crippen LogP contribution in [0.2, 0.25) is 5.02 Å². The zero-order valence-corrected chi connectivity index (χ0v) is 11.1. The van der Waals surface area contributed by atoms with Crippen LogP contribution < -0.4 is 5.11 Å². The highest BCUT2D eigenvalue weighted by Gasteiger charge is 2.11. The predicted octanol–water partition coefficient (Wildman–Crippen LogP) is 3.00. The van der Waals surface area contributed by atoms with Gasteiger partial charge in [0.25, 0.3) is 5.69 Å². The summed E-state index contributed by atoms with van der Waals surface area (Å²) >= 11 is 7.29. The number of nitro benzene ring substituents is 1. The highest BCUT2D eigenvalue weighted by atomic mass is 35.5. The molecule has 0 atom stereocenters. The van der Waals surface area contributed by atoms with Crippen LogP contribution in [0.4, 0.5) is 5.69 Å². The molecule has 0 saturated carbocycles. The summed E-state index contributed by atoms with van der Waals surface area (Å²) in [5, 5.41) is 24.5. The van der Waals surface area contributed by atoms with Gasteiger partial charge in [-0.3, -0.25) is 15.1 Å². The Labute approximate surface area is 118 Å². The number of nitro groups is 1. The molecule has 2 aromatic rings. The Morgan fingerprint density at radius 1 is 1.47 bits per heavy atom. The van der Waals surface area contributed by atoms with Gasteiger partial charge in [-0.2, -0.15) is 0 Å². The van der Waals surface area contributed by atoms with Crippen molar-refractivity contribution >= 4 is 34.8 Å². The average Bonchev–Trinajstić information content (AvgIpc) is 2.86. The van der Waals surface area contributed by atoms with Crippen LogP contribution in [0.1, 0.15) is 10.4 Å². The maximum atomic E-state index is 11.8. The third kappa shape index (κ3) is 3.30. The third-order valence-corrected chi connectivity index (χ3v) is 3.40. The minimum Gasteiger partial charge on any atom is -0.867 e. The zero-order chi connectivity index (χ0) is 13.8. The van der Waals surface area contributed by atoms with Gasteiger partial charge in [0.15, 0.2) is 0 Å². The molecular formula is C12H8ClN2O3S-. The first kappa shape index (κ1) is 13.5. The van der Waals surface area contributed by atoms with E-state index in [0.717, 1.165) is 10.9 Å². The van der Waals surface area contributed by atoms with Gasteiger partial charge in [-0.25, -0.2) is 0 Å². The van der Waals surface area contributed by atoms with Gasteiger partial charge in [-0.05, 0) is 28.8 Å². The lowest BCUT2D eigenvalue weighted by Gasteiger charge is -2.10. The number of hydrogen-bond donors (Lipinski definition) is 0. The SMILES string of the molecule is O=[N+]([O-])c1cc(Cl)cc(C=NCc2cccs2)c1[O-]. The lowest BCUT2D eigenvalue weighted by atomic mass is 10.2. The summed E-state index contributed by atoms with van der Waals surface area (Å²) in [5.74, 6) is -0.677. The topological polar surface area (TPSA) is 78.6 Å². The molecule has 0 spiro atoms. The first-order chi connectivity index (χ1) is 9.08. The van der Waals surface area contributed by atoms with Crippen LogP contribution in [0.5, 0.6) is 5.75 Å². The molecule has 0 aliphatic rings. The summed E-state index contributed by atoms with van der Waals surface area (Å²) in [5.41, 5.74) is -0.416. The van der Waals surface area contributed by atoms with Crippen molar-refractivity contribution < 1.29 is 10.0 Å². The van der Waals surface area contributed by atoms with E-state index in [2.05, 4.69) is 4.99 Å². The summed E-state index contributed by atoms with van der Waals surface area (Å²) < 4.78 is 0. The first-order valence-electron chi connectivity index (χ1n) is 5.25. The van der Waals surface area contributed by atoms with Crippen LogP contribution in [0, 0.1) is 10.1 Å². The second-order valence-electron chi connectivity index (χ2n) is 3.65. The van der Waals surface area contributed by atoms with E-state index < -0.39 is 16.4 Å². The number of rotatable bonds is 4. The van der Waals surface area contributed by atoms with Crippen LogP contribution in [0.3, 0.4) is 0 Å². The number of benzene rings is 1. The van der Waals surface area contributed by atoms with Crippen molar-refractivity contribution in [3.8, 4) is 5.75 Å². The van der Waals surface area contributed by atoms with Gasteiger partial charge in [0.1, 0.15) is 0 Å². The molecule has 7 heteroatoms. The first-order valence-corrected chi connectivity index (χ1v) is 6.51. The molecular weight excluding hydrogens is 288 g/mol. The molecule has 5 nitrogen and oxygen atoms in total. The maximum Gasteiger partial charge on any atom is 0.263 e. The molecule has 0 aliphatic carbocycles. The number of nitrogens with zero attached hydrogens (tertiary/aromatic N) is 2. The third-order valence-electron chi connectivity index (χ3n) is 2.32. The van der Waals surface area contributed by atoms with Crippen molar-refractivity contribution in [1.82, 2.24) is 0 Å². The van der Waals surface area contributed by atoms with Crippen LogP contribution in [-0.4, -0.2) is 11.1 Å². The Bertz CT molecular complexity index is 626. The maximum absolute atomic E-state index is 11.8. The molecule has 0 unspecified atom stereocenters. The Morgan fingerprint density at radius 2 is 2.26 bits per heavy atom. The molecule has 0 fully saturated rings. The van der Waals surface area contributed by atoms with Gasteiger partial charge in [0.2, 0.25) is 0 Å². The number of aliphatic imine (C=N–C) groups is 1. The molecule has 1 heterocycles. The summed E-state index contributed by atoms with van der Waals surface area (Å²) in [6.07, 6.45) is 1.32. The van der Waals surface area contributed by atoms with E-state index in [4.69, 9.17) is 11.6 Å². The van der Waals surface area contributed by atoms with Crippen molar-refractivity contribution in [3.63, 3.8) is 0 Å². The molecule has 0 N–H and O–H groups in total. The monoisotopic (exact) mass is 295 g/mol. The molecule has 98 valence electrons. The fraction of sp³-hybridized carbons (Fsp3) is 0.0833. The van der Waals surface area contributed by atoms with Crippen LogP contribution >= 0.6 is 22.9 Å². The van der Waals surface area contributed by atoms with E-state index in [9.17, 15) is 15.2 Å². The summed E-state index contributed by atoms with van der Waals surface area (Å²) in [4.78, 5) is 15.1. The zero-order valence-electron chi connectivity index (χ0n) is 9.58.